The van der Waals surface area contributed by atoms with E-state index in [1.54, 1.807) is 44.2 Å². The van der Waals surface area contributed by atoms with E-state index < -0.39 is 12.0 Å². The number of rotatable bonds is 14. The summed E-state index contributed by atoms with van der Waals surface area (Å²) in [6, 6.07) is 8.81. The Hall–Kier alpha value is -7.93. The Kier molecular flexibility index (Phi) is 19.0. The van der Waals surface area contributed by atoms with E-state index >= 15 is 0 Å². The number of carbonyl (C=O) groups is 4. The summed E-state index contributed by atoms with van der Waals surface area (Å²) < 4.78 is 44.6. The zero-order valence-corrected chi connectivity index (χ0v) is 52.6. The molecule has 0 bridgehead atoms. The summed E-state index contributed by atoms with van der Waals surface area (Å²) in [6.45, 7) is 7.24. The van der Waals surface area contributed by atoms with Gasteiger partial charge in [0.1, 0.15) is 5.75 Å². The normalized spacial score (nSPS) is 19.7. The minimum atomic E-state index is -2.75. The molecule has 23 nitrogen and oxygen atoms in total. The summed E-state index contributed by atoms with van der Waals surface area (Å²) in [5, 5.41) is 15.1. The lowest BCUT2D eigenvalue weighted by Gasteiger charge is -2.44. The number of aliphatic imine (C=N–C) groups is 2. The predicted molar refractivity (Wildman–Crippen MR) is 339 cm³/mol. The molecule has 11 rings (SSSR count). The first kappa shape index (κ1) is 62.7. The third-order valence-electron chi connectivity index (χ3n) is 19.2. The second-order valence-electron chi connectivity index (χ2n) is 24.3. The van der Waals surface area contributed by atoms with Gasteiger partial charge in [0.2, 0.25) is 17.8 Å². The predicted octanol–water partition coefficient (Wildman–Crippen LogP) is 5.99. The van der Waals surface area contributed by atoms with E-state index in [-0.39, 0.29) is 59.6 Å². The summed E-state index contributed by atoms with van der Waals surface area (Å²) >= 11 is 6.85. The Bertz CT molecular complexity index is 3540. The number of halogens is 3. The maximum atomic E-state index is 14.8. The molecule has 7 aliphatic rings. The van der Waals surface area contributed by atoms with Crippen LogP contribution in [0.25, 0.3) is 16.5 Å². The first-order valence-electron chi connectivity index (χ1n) is 31.2. The molecule has 5 amide bonds. The third kappa shape index (κ3) is 12.8. The number of anilines is 3. The van der Waals surface area contributed by atoms with Crippen LogP contribution in [-0.4, -0.2) is 200 Å². The molecule has 4 fully saturated rings. The van der Waals surface area contributed by atoms with Gasteiger partial charge in [-0.3, -0.25) is 28.9 Å². The van der Waals surface area contributed by atoms with Crippen LogP contribution in [-0.2, 0) is 40.8 Å². The average molecular weight is 1250 g/mol. The summed E-state index contributed by atoms with van der Waals surface area (Å²) in [5.74, 6) is 2.34. The molecule has 26 heteroatoms. The second-order valence-corrected chi connectivity index (χ2v) is 24.8. The fourth-order valence-corrected chi connectivity index (χ4v) is 14.6. The van der Waals surface area contributed by atoms with Gasteiger partial charge in [-0.2, -0.15) is 10.1 Å². The van der Waals surface area contributed by atoms with Crippen molar-refractivity contribution in [3.05, 3.63) is 85.7 Å². The van der Waals surface area contributed by atoms with Crippen molar-refractivity contribution in [2.75, 3.05) is 124 Å². The van der Waals surface area contributed by atoms with Gasteiger partial charge >= 0.3 is 6.03 Å². The van der Waals surface area contributed by atoms with Crippen molar-refractivity contribution in [2.45, 2.75) is 95.7 Å². The van der Waals surface area contributed by atoms with E-state index in [0.717, 1.165) is 80.8 Å². The van der Waals surface area contributed by atoms with Crippen molar-refractivity contribution in [3.8, 4) is 11.5 Å². The molecule has 0 aliphatic carbocycles. The molecule has 0 atom stereocenters. The number of likely N-dealkylation sites (N-methyl/N-ethyl adjacent to an activating group) is 2. The number of likely N-dealkylation sites (tertiary alicyclic amines) is 4. The molecular weight excluding hydrogens is 1170 g/mol. The van der Waals surface area contributed by atoms with Gasteiger partial charge in [-0.15, -0.1) is 0 Å². The molecule has 5 N–H and O–H groups in total. The van der Waals surface area contributed by atoms with Gasteiger partial charge in [0, 0.05) is 170 Å². The highest BCUT2D eigenvalue weighted by atomic mass is 35.5. The number of piperidine rings is 4. The minimum Gasteiger partial charge on any atom is -0.494 e. The number of methoxy groups -OCH3 is 1. The number of hydrogen-bond donors (Lipinski definition) is 4. The molecule has 7 aliphatic heterocycles. The molecule has 2 aromatic carbocycles. The molecular formula is C63H83ClF2N16O7. The van der Waals surface area contributed by atoms with Crippen LogP contribution in [0.2, 0.25) is 0 Å². The number of ether oxygens (including phenoxy) is 2. The van der Waals surface area contributed by atoms with Crippen LogP contribution in [0.1, 0.15) is 98.2 Å². The van der Waals surface area contributed by atoms with E-state index in [9.17, 15) is 32.8 Å². The maximum absolute atomic E-state index is 14.8. The number of nitrogens with two attached hydrogens (primary N) is 1. The molecule has 0 spiro atoms. The summed E-state index contributed by atoms with van der Waals surface area (Å²) in [5.41, 5.74) is 10.9. The Morgan fingerprint density at radius 3 is 2.11 bits per heavy atom. The zero-order chi connectivity index (χ0) is 62.8. The van der Waals surface area contributed by atoms with Crippen molar-refractivity contribution in [1.29, 1.82) is 0 Å². The molecule has 0 saturated carbocycles. The van der Waals surface area contributed by atoms with Gasteiger partial charge < -0.3 is 70.0 Å². The van der Waals surface area contributed by atoms with E-state index in [1.807, 2.05) is 29.0 Å². The monoisotopic (exact) mass is 1250 g/mol. The number of fused-ring (bicyclic) bond motifs is 3. The third-order valence-corrected chi connectivity index (χ3v) is 19.5. The minimum absolute atomic E-state index is 0.0255. The molecule has 89 heavy (non-hydrogen) atoms. The highest BCUT2D eigenvalue weighted by molar-refractivity contribution is 6.30. The molecule has 4 saturated heterocycles. The summed E-state index contributed by atoms with van der Waals surface area (Å²) in [6.07, 6.45) is 8.43. The number of guanidine groups is 1. The fraction of sp³-hybridized carbons (Fsp3) is 0.556. The number of pyridine rings is 1. The van der Waals surface area contributed by atoms with Gasteiger partial charge in [-0.05, 0) is 113 Å². The van der Waals surface area contributed by atoms with Crippen LogP contribution in [0.4, 0.5) is 30.8 Å². The number of nitrogens with one attached hydrogen (secondary N) is 3. The number of benzene rings is 2. The van der Waals surface area contributed by atoms with E-state index in [4.69, 9.17) is 36.9 Å². The van der Waals surface area contributed by atoms with Crippen LogP contribution in [0, 0.1) is 11.8 Å². The standard InChI is InChI=1S/C63H83ClF2N16O7/c1-68-34-42(33-67)46-29-40-8-7-18-81(51(40)32-47(46)56(65)66)58-48-35-80(63(87)70-3)27-17-50(48)82(73-58)45-15-25-78(26-16-45)59(84)38-9-19-76(20-10-38)44-13-23-77(24-14-44)60(85)39-11-21-79(22-12-39)62-72-57(49(64)36-74(62)4)71-43-28-41-30-53(89-37-54(83)69-2)61(86)75(5)55(41)52(31-43)88-6/h28-34,38-39,44-45,56,71H,7-27,35-37,67H2,1-6H3,(H,69,83)(H,70,87). The van der Waals surface area contributed by atoms with Crippen LogP contribution < -0.4 is 41.6 Å². The highest BCUT2D eigenvalue weighted by Gasteiger charge is 2.40. The average Bonchev–Trinajstić information content (AvgIpc) is 1.89. The van der Waals surface area contributed by atoms with Gasteiger partial charge in [0.15, 0.2) is 24.0 Å². The maximum Gasteiger partial charge on any atom is 0.317 e. The van der Waals surface area contributed by atoms with Crippen LogP contribution in [0.15, 0.2) is 62.2 Å². The van der Waals surface area contributed by atoms with Gasteiger partial charge in [-0.25, -0.2) is 13.6 Å². The number of hydrogen-bond acceptors (Lipinski definition) is 16. The Balaban J connectivity index is 0.661. The van der Waals surface area contributed by atoms with Crippen LogP contribution in [0.3, 0.4) is 0 Å². The van der Waals surface area contributed by atoms with Gasteiger partial charge in [0.25, 0.3) is 17.9 Å². The number of carbonyl (C=O) groups excluding carboxylic acids is 4. The number of nitrogens with zero attached hydrogens (tertiary/aromatic N) is 12. The van der Waals surface area contributed by atoms with Gasteiger partial charge in [0.05, 0.1) is 36.8 Å². The summed E-state index contributed by atoms with van der Waals surface area (Å²) in [4.78, 5) is 90.2. The Morgan fingerprint density at radius 1 is 0.809 bits per heavy atom. The summed E-state index contributed by atoms with van der Waals surface area (Å²) in [7, 11) is 9.80. The lowest BCUT2D eigenvalue weighted by atomic mass is 9.90. The number of allylic oxidation sites excluding steroid dienone is 1. The van der Waals surface area contributed by atoms with E-state index in [0.29, 0.717) is 153 Å². The van der Waals surface area contributed by atoms with E-state index in [1.165, 1.54) is 31.1 Å². The topological polar surface area (TPSA) is 236 Å². The number of alkyl halides is 2. The van der Waals surface area contributed by atoms with Crippen molar-refractivity contribution in [3.63, 3.8) is 0 Å². The lowest BCUT2D eigenvalue weighted by Crippen LogP contribution is -2.53. The SMILES string of the molecule is CN=CC(=CN)c1cc2c(cc1C(F)F)N(c1nn(C3CCN(C(=O)C4CCN(C5CCN(C(=O)C6CCN(C7=NC(Nc8cc(OC)c9c(c8)cc(OCC(=O)NC)c(=O)n9C)=C(Cl)CN7C)CC6)CC5)CC4)CC3)c3c1CN(C(=O)NC)CC3)CCC2. The zero-order valence-electron chi connectivity index (χ0n) is 51.8. The van der Waals surface area contributed by atoms with Crippen molar-refractivity contribution < 1.29 is 37.4 Å². The number of amides is 5. The quantitative estimate of drug-likeness (QED) is 0.106. The van der Waals surface area contributed by atoms with E-state index in [2.05, 4.69) is 45.2 Å². The molecule has 0 radical (unpaired) electrons. The molecule has 478 valence electrons. The lowest BCUT2D eigenvalue weighted by molar-refractivity contribution is -0.140. The number of urea groups is 1. The van der Waals surface area contributed by atoms with Crippen molar-refractivity contribution >= 4 is 81.2 Å². The van der Waals surface area contributed by atoms with Crippen molar-refractivity contribution in [2.24, 2.45) is 34.6 Å². The second kappa shape index (κ2) is 27.0. The largest absolute Gasteiger partial charge is 0.494 e. The first-order chi connectivity index (χ1) is 43.0. The smallest absolute Gasteiger partial charge is 0.317 e. The fourth-order valence-electron chi connectivity index (χ4n) is 14.3. The molecule has 4 aromatic rings. The van der Waals surface area contributed by atoms with Crippen LogP contribution >= 0.6 is 11.6 Å². The van der Waals surface area contributed by atoms with Crippen molar-refractivity contribution in [1.82, 2.24) is 54.4 Å². The Labute approximate surface area is 522 Å². The van der Waals surface area contributed by atoms with Gasteiger partial charge in [-0.1, -0.05) is 11.6 Å². The first-order valence-corrected chi connectivity index (χ1v) is 31.6. The highest BCUT2D eigenvalue weighted by Crippen LogP contribution is 2.44. The number of aryl methyl sites for hydroxylation is 2. The molecule has 2 aromatic heterocycles. The molecule has 9 heterocycles. The van der Waals surface area contributed by atoms with Crippen LogP contribution in [0.5, 0.6) is 11.5 Å². The molecule has 0 unspecified atom stereocenters. The Morgan fingerprint density at radius 2 is 1.48 bits per heavy atom. The number of aromatic nitrogens is 3.